The van der Waals surface area contributed by atoms with Gasteiger partial charge in [-0.1, -0.05) is 6.08 Å². The molecule has 0 aliphatic carbocycles. The zero-order chi connectivity index (χ0) is 15.3. The first-order chi connectivity index (χ1) is 8.40. The van der Waals surface area contributed by atoms with E-state index < -0.39 is 33.3 Å². The van der Waals surface area contributed by atoms with Gasteiger partial charge in [-0.25, -0.2) is 9.24 Å². The summed E-state index contributed by atoms with van der Waals surface area (Å²) in [6.45, 7) is -1.02. The molecule has 19 heavy (non-hydrogen) atoms. The second-order valence-electron chi connectivity index (χ2n) is 3.37. The summed E-state index contributed by atoms with van der Waals surface area (Å²) in [5.41, 5.74) is 0. The third kappa shape index (κ3) is 8.25. The molecule has 0 spiro atoms. The van der Waals surface area contributed by atoms with Crippen molar-refractivity contribution in [3.63, 3.8) is 0 Å². The van der Waals surface area contributed by atoms with Gasteiger partial charge in [0, 0.05) is 6.54 Å². The highest BCUT2D eigenvalue weighted by Crippen LogP contribution is 2.52. The summed E-state index contributed by atoms with van der Waals surface area (Å²) in [6.07, 6.45) is -8.56. The fourth-order valence-corrected chi connectivity index (χ4v) is 2.23. The quantitative estimate of drug-likeness (QED) is 0.410. The van der Waals surface area contributed by atoms with Gasteiger partial charge in [0.15, 0.2) is 13.2 Å². The van der Waals surface area contributed by atoms with Crippen molar-refractivity contribution in [3.8, 4) is 0 Å². The van der Waals surface area contributed by atoms with Crippen molar-refractivity contribution in [1.29, 1.82) is 0 Å². The van der Waals surface area contributed by atoms with Crippen molar-refractivity contribution in [2.24, 2.45) is 0 Å². The van der Waals surface area contributed by atoms with Crippen LogP contribution < -0.4 is 0 Å². The molecule has 0 aromatic rings. The highest BCUT2D eigenvalue weighted by atomic mass is 31.2. The number of halogens is 6. The van der Waals surface area contributed by atoms with E-state index in [1.807, 2.05) is 0 Å². The van der Waals surface area contributed by atoms with Gasteiger partial charge in [-0.15, -0.1) is 6.58 Å². The third-order valence-electron chi connectivity index (χ3n) is 1.59. The molecule has 0 atom stereocenters. The Balaban J connectivity index is 4.81. The first kappa shape index (κ1) is 18.4. The summed E-state index contributed by atoms with van der Waals surface area (Å²) < 4.78 is 92.1. The molecule has 0 amide bonds. The Hall–Kier alpha value is -0.570. The molecule has 0 bridgehead atoms. The summed E-state index contributed by atoms with van der Waals surface area (Å²) in [6, 6.07) is 0. The number of hydrogen-bond acceptors (Lipinski definition) is 3. The lowest BCUT2D eigenvalue weighted by Gasteiger charge is -2.26. The van der Waals surface area contributed by atoms with Crippen molar-refractivity contribution in [1.82, 2.24) is 4.67 Å². The van der Waals surface area contributed by atoms with Crippen LogP contribution in [0.25, 0.3) is 0 Å². The Morgan fingerprint density at radius 1 is 1.11 bits per heavy atom. The third-order valence-corrected chi connectivity index (χ3v) is 3.50. The van der Waals surface area contributed by atoms with E-state index in [4.69, 9.17) is 0 Å². The second kappa shape index (κ2) is 6.74. The van der Waals surface area contributed by atoms with Crippen molar-refractivity contribution in [2.45, 2.75) is 12.4 Å². The van der Waals surface area contributed by atoms with Crippen LogP contribution in [0, 0.1) is 0 Å². The molecular weight excluding hydrogens is 303 g/mol. The summed E-state index contributed by atoms with van der Waals surface area (Å²) >= 11 is 0. The highest BCUT2D eigenvalue weighted by Gasteiger charge is 2.40. The maximum atomic E-state index is 11.9. The molecule has 0 fully saturated rings. The average Bonchev–Trinajstić information content (AvgIpc) is 2.22. The fraction of sp³-hybridized carbons (Fsp3) is 0.750. The van der Waals surface area contributed by atoms with Crippen molar-refractivity contribution < 1.29 is 40.0 Å². The van der Waals surface area contributed by atoms with E-state index in [-0.39, 0.29) is 6.54 Å². The minimum Gasteiger partial charge on any atom is -0.287 e. The molecule has 0 saturated heterocycles. The van der Waals surface area contributed by atoms with Crippen LogP contribution in [0.1, 0.15) is 0 Å². The van der Waals surface area contributed by atoms with Crippen LogP contribution >= 0.6 is 7.75 Å². The highest BCUT2D eigenvalue weighted by molar-refractivity contribution is 7.51. The number of likely N-dealkylation sites (N-methyl/N-ethyl adjacent to an activating group) is 1. The maximum Gasteiger partial charge on any atom is 0.412 e. The maximum absolute atomic E-state index is 11.9. The van der Waals surface area contributed by atoms with Crippen LogP contribution in [-0.2, 0) is 13.6 Å². The zero-order valence-corrected chi connectivity index (χ0v) is 10.7. The minimum atomic E-state index is -4.84. The van der Waals surface area contributed by atoms with E-state index >= 15 is 0 Å². The lowest BCUT2D eigenvalue weighted by atomic mass is 10.6. The van der Waals surface area contributed by atoms with Gasteiger partial charge >= 0.3 is 20.1 Å². The molecule has 0 saturated carbocycles. The van der Waals surface area contributed by atoms with E-state index in [2.05, 4.69) is 15.6 Å². The van der Waals surface area contributed by atoms with Gasteiger partial charge in [-0.2, -0.15) is 26.3 Å². The summed E-state index contributed by atoms with van der Waals surface area (Å²) in [5.74, 6) is 0. The van der Waals surface area contributed by atoms with Crippen molar-refractivity contribution in [3.05, 3.63) is 12.7 Å². The largest absolute Gasteiger partial charge is 0.412 e. The van der Waals surface area contributed by atoms with Gasteiger partial charge in [-0.05, 0) is 7.05 Å². The smallest absolute Gasteiger partial charge is 0.287 e. The first-order valence-corrected chi connectivity index (χ1v) is 6.24. The molecule has 0 unspecified atom stereocenters. The normalized spacial score (nSPS) is 13.9. The zero-order valence-electron chi connectivity index (χ0n) is 9.79. The molecule has 0 aromatic carbocycles. The number of alkyl halides is 6. The second-order valence-corrected chi connectivity index (χ2v) is 5.51. The van der Waals surface area contributed by atoms with Crippen LogP contribution in [0.4, 0.5) is 26.3 Å². The molecule has 0 heterocycles. The monoisotopic (exact) mass is 315 g/mol. The number of hydrogen-bond donors (Lipinski definition) is 0. The van der Waals surface area contributed by atoms with Crippen LogP contribution in [-0.4, -0.2) is 43.8 Å². The van der Waals surface area contributed by atoms with E-state index in [1.165, 1.54) is 0 Å². The Kier molecular flexibility index (Phi) is 6.53. The van der Waals surface area contributed by atoms with E-state index in [0.717, 1.165) is 13.1 Å². The van der Waals surface area contributed by atoms with Gasteiger partial charge < -0.3 is 0 Å². The predicted molar refractivity (Wildman–Crippen MR) is 54.4 cm³/mol. The molecule has 11 heteroatoms. The molecule has 0 N–H and O–H groups in total. The van der Waals surface area contributed by atoms with Gasteiger partial charge in [0.05, 0.1) is 0 Å². The summed E-state index contributed by atoms with van der Waals surface area (Å²) in [7, 11) is -3.70. The predicted octanol–water partition coefficient (Wildman–Crippen LogP) is 3.37. The molecule has 4 nitrogen and oxygen atoms in total. The first-order valence-electron chi connectivity index (χ1n) is 4.75. The average molecular weight is 315 g/mol. The lowest BCUT2D eigenvalue weighted by molar-refractivity contribution is -0.167. The SMILES string of the molecule is C=CCN(C)P(=O)(OCC(F)(F)F)OCC(F)(F)F. The van der Waals surface area contributed by atoms with Gasteiger partial charge in [0.1, 0.15) is 0 Å². The molecule has 0 aromatic heterocycles. The molecule has 0 aliphatic rings. The summed E-state index contributed by atoms with van der Waals surface area (Å²) in [4.78, 5) is 0. The molecule has 0 rings (SSSR count). The van der Waals surface area contributed by atoms with Crippen LogP contribution in [0.2, 0.25) is 0 Å². The molecule has 0 radical (unpaired) electrons. The minimum absolute atomic E-state index is 0.271. The topological polar surface area (TPSA) is 38.8 Å². The fourth-order valence-electron chi connectivity index (χ4n) is 0.831. The van der Waals surface area contributed by atoms with Gasteiger partial charge in [-0.3, -0.25) is 9.05 Å². The molecule has 0 aliphatic heterocycles. The molecular formula is C8H12F6NO3P. The Labute approximate surface area is 105 Å². The van der Waals surface area contributed by atoms with Crippen LogP contribution in [0.5, 0.6) is 0 Å². The van der Waals surface area contributed by atoms with E-state index in [9.17, 15) is 30.9 Å². The number of rotatable bonds is 7. The van der Waals surface area contributed by atoms with Gasteiger partial charge in [0.2, 0.25) is 0 Å². The van der Waals surface area contributed by atoms with Crippen LogP contribution in [0.15, 0.2) is 12.7 Å². The van der Waals surface area contributed by atoms with E-state index in [0.29, 0.717) is 4.67 Å². The Morgan fingerprint density at radius 3 is 1.74 bits per heavy atom. The summed E-state index contributed by atoms with van der Waals surface area (Å²) in [5, 5.41) is 0. The molecule has 114 valence electrons. The standard InChI is InChI=1S/C8H12F6NO3P/c1-3-4-15(2)19(16,17-5-7(9,10)11)18-6-8(12,13)14/h3H,1,4-6H2,2H3. The Morgan fingerprint density at radius 2 is 1.47 bits per heavy atom. The van der Waals surface area contributed by atoms with Gasteiger partial charge in [0.25, 0.3) is 0 Å². The van der Waals surface area contributed by atoms with E-state index in [1.54, 1.807) is 0 Å². The van der Waals surface area contributed by atoms with Crippen molar-refractivity contribution in [2.75, 3.05) is 26.8 Å². The van der Waals surface area contributed by atoms with Crippen LogP contribution in [0.3, 0.4) is 0 Å². The Bertz CT molecular complexity index is 320. The van der Waals surface area contributed by atoms with Crippen molar-refractivity contribution >= 4 is 7.75 Å². The number of nitrogens with zero attached hydrogens (tertiary/aromatic N) is 1. The lowest BCUT2D eigenvalue weighted by Crippen LogP contribution is -2.26.